The van der Waals surface area contributed by atoms with Gasteiger partial charge in [-0.1, -0.05) is 42.5 Å². The van der Waals surface area contributed by atoms with Crippen LogP contribution in [0, 0.1) is 0 Å². The number of hydrogen-bond donors (Lipinski definition) is 1. The maximum atomic E-state index is 12.5. The Bertz CT molecular complexity index is 746. The van der Waals surface area contributed by atoms with Crippen molar-refractivity contribution in [2.24, 2.45) is 5.73 Å². The highest BCUT2D eigenvalue weighted by Crippen LogP contribution is 2.34. The summed E-state index contributed by atoms with van der Waals surface area (Å²) in [6.45, 7) is 1.70. The molecule has 124 valence electrons. The molecule has 0 bridgehead atoms. The van der Waals surface area contributed by atoms with Crippen LogP contribution in [-0.2, 0) is 14.3 Å². The van der Waals surface area contributed by atoms with Gasteiger partial charge in [0.15, 0.2) is 11.5 Å². The molecule has 3 atom stereocenters. The number of amides is 1. The lowest BCUT2D eigenvalue weighted by atomic mass is 10.1. The molecule has 0 spiro atoms. The summed E-state index contributed by atoms with van der Waals surface area (Å²) in [6, 6.07) is 15.6. The fraction of sp³-hybridized carbons (Fsp3) is 0.222. The van der Waals surface area contributed by atoms with Crippen LogP contribution in [-0.4, -0.2) is 24.1 Å². The molecule has 6 heteroatoms. The lowest BCUT2D eigenvalue weighted by Gasteiger charge is -2.31. The SMILES string of the molecule is C[C@@H]1Oc2ccccc2O[C@@H]1C(=O)O[C@@H](C(N)=O)c1ccccc1. The fourth-order valence-electron chi connectivity index (χ4n) is 2.48. The van der Waals surface area contributed by atoms with E-state index < -0.39 is 30.2 Å². The fourth-order valence-corrected chi connectivity index (χ4v) is 2.48. The predicted octanol–water partition coefficient (Wildman–Crippen LogP) is 1.98. The molecule has 0 radical (unpaired) electrons. The molecule has 2 aromatic carbocycles. The Morgan fingerprint density at radius 1 is 1.00 bits per heavy atom. The van der Waals surface area contributed by atoms with Crippen molar-refractivity contribution in [3.8, 4) is 11.5 Å². The number of hydrogen-bond acceptors (Lipinski definition) is 5. The topological polar surface area (TPSA) is 87.8 Å². The van der Waals surface area contributed by atoms with Crippen LogP contribution in [0.5, 0.6) is 11.5 Å². The summed E-state index contributed by atoms with van der Waals surface area (Å²) in [5.41, 5.74) is 5.87. The molecular formula is C18H17NO5. The van der Waals surface area contributed by atoms with Gasteiger partial charge in [0.2, 0.25) is 12.2 Å². The summed E-state index contributed by atoms with van der Waals surface area (Å²) in [5, 5.41) is 0. The molecule has 2 N–H and O–H groups in total. The van der Waals surface area contributed by atoms with Crippen LogP contribution in [0.2, 0.25) is 0 Å². The molecule has 1 aliphatic heterocycles. The minimum Gasteiger partial charge on any atom is -0.482 e. The van der Waals surface area contributed by atoms with Crippen molar-refractivity contribution >= 4 is 11.9 Å². The van der Waals surface area contributed by atoms with Crippen LogP contribution in [0.4, 0.5) is 0 Å². The molecule has 0 unspecified atom stereocenters. The standard InChI is InChI=1S/C18H17NO5/c1-11-15(23-14-10-6-5-9-13(14)22-11)18(21)24-16(17(19)20)12-7-3-2-4-8-12/h2-11,15-16H,1H3,(H2,19,20)/t11-,15-,16+/m0/s1. The number of rotatable bonds is 4. The largest absolute Gasteiger partial charge is 0.482 e. The van der Waals surface area contributed by atoms with Gasteiger partial charge in [-0.25, -0.2) is 4.79 Å². The van der Waals surface area contributed by atoms with Crippen molar-refractivity contribution in [2.45, 2.75) is 25.2 Å². The molecule has 0 saturated heterocycles. The van der Waals surface area contributed by atoms with Crippen molar-refractivity contribution in [2.75, 3.05) is 0 Å². The van der Waals surface area contributed by atoms with E-state index in [9.17, 15) is 9.59 Å². The van der Waals surface area contributed by atoms with Crippen LogP contribution in [0.25, 0.3) is 0 Å². The van der Waals surface area contributed by atoms with Gasteiger partial charge in [-0.3, -0.25) is 4.79 Å². The third kappa shape index (κ3) is 3.17. The quantitative estimate of drug-likeness (QED) is 0.868. The second kappa shape index (κ2) is 6.62. The number of carbonyl (C=O) groups is 2. The van der Waals surface area contributed by atoms with E-state index in [1.807, 2.05) is 6.07 Å². The minimum atomic E-state index is -1.17. The van der Waals surface area contributed by atoms with E-state index in [0.717, 1.165) is 0 Å². The number of benzene rings is 2. The molecule has 1 aliphatic rings. The van der Waals surface area contributed by atoms with E-state index in [2.05, 4.69) is 0 Å². The molecule has 0 aliphatic carbocycles. The molecule has 0 fully saturated rings. The maximum Gasteiger partial charge on any atom is 0.352 e. The summed E-state index contributed by atoms with van der Waals surface area (Å²) in [6.07, 6.45) is -2.71. The number of carbonyl (C=O) groups excluding carboxylic acids is 2. The molecule has 1 amide bonds. The van der Waals surface area contributed by atoms with Gasteiger partial charge in [0.1, 0.15) is 6.10 Å². The molecular weight excluding hydrogens is 310 g/mol. The molecule has 3 rings (SSSR count). The van der Waals surface area contributed by atoms with Crippen LogP contribution in [0.15, 0.2) is 54.6 Å². The molecule has 1 heterocycles. The van der Waals surface area contributed by atoms with Crippen molar-refractivity contribution in [3.63, 3.8) is 0 Å². The van der Waals surface area contributed by atoms with Crippen molar-refractivity contribution in [1.29, 1.82) is 0 Å². The van der Waals surface area contributed by atoms with Crippen molar-refractivity contribution in [1.82, 2.24) is 0 Å². The first kappa shape index (κ1) is 15.9. The zero-order chi connectivity index (χ0) is 17.1. The van der Waals surface area contributed by atoms with Gasteiger partial charge >= 0.3 is 5.97 Å². The average molecular weight is 327 g/mol. The van der Waals surface area contributed by atoms with Gasteiger partial charge in [-0.2, -0.15) is 0 Å². The number of fused-ring (bicyclic) bond motifs is 1. The highest BCUT2D eigenvalue weighted by molar-refractivity contribution is 5.85. The number of esters is 1. The predicted molar refractivity (Wildman–Crippen MR) is 85.4 cm³/mol. The first-order chi connectivity index (χ1) is 11.6. The summed E-state index contributed by atoms with van der Waals surface area (Å²) in [7, 11) is 0. The van der Waals surface area contributed by atoms with E-state index in [4.69, 9.17) is 19.9 Å². The Morgan fingerprint density at radius 3 is 2.21 bits per heavy atom. The third-order valence-electron chi connectivity index (χ3n) is 3.67. The molecule has 0 aromatic heterocycles. The first-order valence-corrected chi connectivity index (χ1v) is 7.53. The summed E-state index contributed by atoms with van der Waals surface area (Å²) in [4.78, 5) is 24.1. The van der Waals surface area contributed by atoms with Gasteiger partial charge in [-0.05, 0) is 19.1 Å². The molecule has 2 aromatic rings. The van der Waals surface area contributed by atoms with E-state index in [-0.39, 0.29) is 0 Å². The van der Waals surface area contributed by atoms with E-state index in [0.29, 0.717) is 17.1 Å². The van der Waals surface area contributed by atoms with E-state index >= 15 is 0 Å². The highest BCUT2D eigenvalue weighted by Gasteiger charge is 2.37. The van der Waals surface area contributed by atoms with Crippen LogP contribution >= 0.6 is 0 Å². The Morgan fingerprint density at radius 2 is 1.58 bits per heavy atom. The van der Waals surface area contributed by atoms with Gasteiger partial charge in [-0.15, -0.1) is 0 Å². The van der Waals surface area contributed by atoms with E-state index in [1.54, 1.807) is 55.5 Å². The maximum absolute atomic E-state index is 12.5. The number of nitrogens with two attached hydrogens (primary N) is 1. The number of ether oxygens (including phenoxy) is 3. The van der Waals surface area contributed by atoms with Gasteiger partial charge in [0.25, 0.3) is 5.91 Å². The smallest absolute Gasteiger partial charge is 0.352 e. The monoisotopic (exact) mass is 327 g/mol. The Kier molecular flexibility index (Phi) is 4.37. The van der Waals surface area contributed by atoms with Crippen molar-refractivity contribution in [3.05, 3.63) is 60.2 Å². The van der Waals surface area contributed by atoms with Crippen molar-refractivity contribution < 1.29 is 23.8 Å². The van der Waals surface area contributed by atoms with Crippen LogP contribution in [0.3, 0.4) is 0 Å². The zero-order valence-electron chi connectivity index (χ0n) is 13.0. The van der Waals surface area contributed by atoms with Crippen LogP contribution in [0.1, 0.15) is 18.6 Å². The average Bonchev–Trinajstić information content (AvgIpc) is 2.59. The Labute approximate surface area is 139 Å². The lowest BCUT2D eigenvalue weighted by molar-refractivity contribution is -0.167. The highest BCUT2D eigenvalue weighted by atomic mass is 16.6. The van der Waals surface area contributed by atoms with Gasteiger partial charge in [0, 0.05) is 5.56 Å². The lowest BCUT2D eigenvalue weighted by Crippen LogP contribution is -2.45. The second-order valence-electron chi connectivity index (χ2n) is 5.44. The first-order valence-electron chi connectivity index (χ1n) is 7.53. The molecule has 24 heavy (non-hydrogen) atoms. The van der Waals surface area contributed by atoms with E-state index in [1.165, 1.54) is 0 Å². The number of primary amides is 1. The zero-order valence-corrected chi connectivity index (χ0v) is 13.0. The molecule has 0 saturated carbocycles. The minimum absolute atomic E-state index is 0.452. The van der Waals surface area contributed by atoms with Gasteiger partial charge < -0.3 is 19.9 Å². The number of para-hydroxylation sites is 2. The van der Waals surface area contributed by atoms with Crippen LogP contribution < -0.4 is 15.2 Å². The normalized spacial score (nSPS) is 20.0. The molecule has 6 nitrogen and oxygen atoms in total. The Balaban J connectivity index is 1.77. The van der Waals surface area contributed by atoms with Gasteiger partial charge in [0.05, 0.1) is 0 Å². The third-order valence-corrected chi connectivity index (χ3v) is 3.67. The second-order valence-corrected chi connectivity index (χ2v) is 5.44. The summed E-state index contributed by atoms with van der Waals surface area (Å²) >= 11 is 0. The Hall–Kier alpha value is -3.02. The summed E-state index contributed by atoms with van der Waals surface area (Å²) < 4.78 is 16.6. The summed E-state index contributed by atoms with van der Waals surface area (Å²) in [5.74, 6) is -0.444.